The molecule has 156 valence electrons. The number of amides is 1. The summed E-state index contributed by atoms with van der Waals surface area (Å²) >= 11 is 0. The van der Waals surface area contributed by atoms with Gasteiger partial charge in [0.25, 0.3) is 17.4 Å². The van der Waals surface area contributed by atoms with Crippen molar-refractivity contribution in [1.29, 1.82) is 0 Å². The van der Waals surface area contributed by atoms with Gasteiger partial charge < -0.3 is 14.4 Å². The van der Waals surface area contributed by atoms with Crippen LogP contribution in [-0.4, -0.2) is 26.6 Å². The van der Waals surface area contributed by atoms with Crippen molar-refractivity contribution in [1.82, 2.24) is 4.90 Å². The number of Topliss-reactive ketones (excluding diaryl/α,β-unsaturated/α-hetero) is 1. The largest absolute Gasteiger partial charge is 0.507 e. The summed E-state index contributed by atoms with van der Waals surface area (Å²) in [5, 5.41) is 22.0. The summed E-state index contributed by atoms with van der Waals surface area (Å²) in [5.74, 6) is -2.49. The van der Waals surface area contributed by atoms with Crippen LogP contribution in [0.2, 0.25) is 0 Å². The molecule has 0 aliphatic carbocycles. The summed E-state index contributed by atoms with van der Waals surface area (Å²) in [4.78, 5) is 37.4. The van der Waals surface area contributed by atoms with Gasteiger partial charge in [-0.2, -0.15) is 0 Å². The predicted molar refractivity (Wildman–Crippen MR) is 106 cm³/mol. The Balaban J connectivity index is 1.87. The van der Waals surface area contributed by atoms with E-state index < -0.39 is 34.2 Å². The molecule has 4 rings (SSSR count). The van der Waals surface area contributed by atoms with Gasteiger partial charge >= 0.3 is 0 Å². The number of aliphatic hydroxyl groups excluding tert-OH is 1. The van der Waals surface area contributed by atoms with Crippen LogP contribution in [-0.2, 0) is 16.1 Å². The minimum atomic E-state index is -1.04. The number of benzene rings is 2. The van der Waals surface area contributed by atoms with Gasteiger partial charge in [0.2, 0.25) is 0 Å². The molecule has 0 radical (unpaired) electrons. The highest BCUT2D eigenvalue weighted by Crippen LogP contribution is 2.40. The van der Waals surface area contributed by atoms with E-state index in [-0.39, 0.29) is 23.4 Å². The van der Waals surface area contributed by atoms with Crippen molar-refractivity contribution in [3.63, 3.8) is 0 Å². The molecular formula is C22H15FN2O6. The third-order valence-corrected chi connectivity index (χ3v) is 4.96. The molecule has 2 aromatic carbocycles. The third kappa shape index (κ3) is 3.68. The number of furan rings is 1. The molecule has 3 aromatic rings. The first-order valence-corrected chi connectivity index (χ1v) is 9.18. The normalized spacial score (nSPS) is 17.8. The van der Waals surface area contributed by atoms with Gasteiger partial charge in [0, 0.05) is 17.7 Å². The number of nitro groups is 1. The number of non-ortho nitro benzene ring substituents is 1. The van der Waals surface area contributed by atoms with Gasteiger partial charge in [-0.25, -0.2) is 4.39 Å². The van der Waals surface area contributed by atoms with Crippen LogP contribution in [0.3, 0.4) is 0 Å². The highest BCUT2D eigenvalue weighted by atomic mass is 19.1. The molecule has 1 aliphatic rings. The molecule has 1 aliphatic heterocycles. The maximum Gasteiger partial charge on any atom is 0.296 e. The van der Waals surface area contributed by atoms with Crippen LogP contribution < -0.4 is 0 Å². The number of hydrogen-bond acceptors (Lipinski definition) is 6. The Morgan fingerprint density at radius 2 is 1.87 bits per heavy atom. The second-order valence-corrected chi connectivity index (χ2v) is 6.87. The standard InChI is InChI=1S/C22H15FN2O6/c23-15-8-6-13(7-9-15)19-18(20(26)14-3-1-4-16(11-14)25(29)30)21(27)22(28)24(19)12-17-5-2-10-31-17/h1-11,19,26H,12H2/t19-/m1/s1. The van der Waals surface area contributed by atoms with Gasteiger partial charge in [-0.3, -0.25) is 19.7 Å². The quantitative estimate of drug-likeness (QED) is 0.219. The van der Waals surface area contributed by atoms with E-state index in [2.05, 4.69) is 0 Å². The zero-order chi connectivity index (χ0) is 22.1. The number of halogens is 1. The summed E-state index contributed by atoms with van der Waals surface area (Å²) in [7, 11) is 0. The predicted octanol–water partition coefficient (Wildman–Crippen LogP) is 3.95. The van der Waals surface area contributed by atoms with Crippen molar-refractivity contribution in [3.05, 3.63) is 105 Å². The van der Waals surface area contributed by atoms with Gasteiger partial charge in [-0.05, 0) is 29.8 Å². The summed E-state index contributed by atoms with van der Waals surface area (Å²) in [6, 6.07) is 12.5. The average molecular weight is 422 g/mol. The number of carbonyl (C=O) groups excluding carboxylic acids is 2. The Morgan fingerprint density at radius 1 is 1.13 bits per heavy atom. The molecule has 31 heavy (non-hydrogen) atoms. The maximum absolute atomic E-state index is 13.5. The van der Waals surface area contributed by atoms with Crippen molar-refractivity contribution >= 4 is 23.1 Å². The first kappa shape index (κ1) is 20.0. The maximum atomic E-state index is 13.5. The van der Waals surface area contributed by atoms with Crippen molar-refractivity contribution in [2.75, 3.05) is 0 Å². The molecule has 1 amide bonds. The fourth-order valence-corrected chi connectivity index (χ4v) is 3.53. The van der Waals surface area contributed by atoms with E-state index in [1.54, 1.807) is 12.1 Å². The molecule has 9 heteroatoms. The molecule has 1 N–H and O–H groups in total. The molecule has 0 bridgehead atoms. The van der Waals surface area contributed by atoms with Crippen LogP contribution in [0.25, 0.3) is 5.76 Å². The van der Waals surface area contributed by atoms with Crippen molar-refractivity contribution in [2.45, 2.75) is 12.6 Å². The number of aliphatic hydroxyl groups is 1. The van der Waals surface area contributed by atoms with E-state index in [4.69, 9.17) is 4.42 Å². The van der Waals surface area contributed by atoms with E-state index >= 15 is 0 Å². The molecular weight excluding hydrogens is 407 g/mol. The van der Waals surface area contributed by atoms with E-state index in [0.29, 0.717) is 11.3 Å². The minimum Gasteiger partial charge on any atom is -0.507 e. The zero-order valence-electron chi connectivity index (χ0n) is 15.9. The Kier molecular flexibility index (Phi) is 5.08. The average Bonchev–Trinajstić information content (AvgIpc) is 3.36. The van der Waals surface area contributed by atoms with Gasteiger partial charge in [-0.1, -0.05) is 24.3 Å². The molecule has 8 nitrogen and oxygen atoms in total. The van der Waals surface area contributed by atoms with Crippen LogP contribution in [0, 0.1) is 15.9 Å². The number of rotatable bonds is 5. The lowest BCUT2D eigenvalue weighted by atomic mass is 9.95. The van der Waals surface area contributed by atoms with Crippen molar-refractivity contribution in [2.24, 2.45) is 0 Å². The molecule has 2 heterocycles. The highest BCUT2D eigenvalue weighted by molar-refractivity contribution is 6.46. The van der Waals surface area contributed by atoms with Crippen LogP contribution in [0.4, 0.5) is 10.1 Å². The third-order valence-electron chi connectivity index (χ3n) is 4.96. The summed E-state index contributed by atoms with van der Waals surface area (Å²) < 4.78 is 18.8. The molecule has 0 unspecified atom stereocenters. The van der Waals surface area contributed by atoms with Crippen molar-refractivity contribution in [3.8, 4) is 0 Å². The van der Waals surface area contributed by atoms with Gasteiger partial charge in [0.15, 0.2) is 0 Å². The van der Waals surface area contributed by atoms with Crippen LogP contribution in [0.15, 0.2) is 76.9 Å². The van der Waals surface area contributed by atoms with E-state index in [9.17, 15) is 29.2 Å². The van der Waals surface area contributed by atoms with Crippen molar-refractivity contribution < 1.29 is 28.4 Å². The van der Waals surface area contributed by atoms with Gasteiger partial charge in [0.1, 0.15) is 17.3 Å². The Bertz CT molecular complexity index is 1200. The molecule has 0 saturated carbocycles. The number of nitro benzene ring substituents is 1. The zero-order valence-corrected chi connectivity index (χ0v) is 15.9. The lowest BCUT2D eigenvalue weighted by Crippen LogP contribution is -2.29. The number of nitrogens with zero attached hydrogens (tertiary/aromatic N) is 2. The van der Waals surface area contributed by atoms with Crippen LogP contribution >= 0.6 is 0 Å². The Morgan fingerprint density at radius 3 is 2.52 bits per heavy atom. The van der Waals surface area contributed by atoms with Gasteiger partial charge in [0.05, 0.1) is 29.3 Å². The number of hydrogen-bond donors (Lipinski definition) is 1. The molecule has 1 atom stereocenters. The SMILES string of the molecule is O=C1C(=O)N(Cc2ccco2)[C@H](c2ccc(F)cc2)C1=C(O)c1cccc([N+](=O)[O-])c1. The smallest absolute Gasteiger partial charge is 0.296 e. The number of likely N-dealkylation sites (tertiary alicyclic amines) is 1. The van der Waals surface area contributed by atoms with E-state index in [1.807, 2.05) is 0 Å². The van der Waals surface area contributed by atoms with E-state index in [0.717, 1.165) is 6.07 Å². The highest BCUT2D eigenvalue weighted by Gasteiger charge is 2.46. The lowest BCUT2D eigenvalue weighted by molar-refractivity contribution is -0.384. The lowest BCUT2D eigenvalue weighted by Gasteiger charge is -2.24. The fraction of sp³-hybridized carbons (Fsp3) is 0.0909. The summed E-state index contributed by atoms with van der Waals surface area (Å²) in [5.41, 5.74) is -0.132. The van der Waals surface area contributed by atoms with E-state index in [1.165, 1.54) is 53.6 Å². The van der Waals surface area contributed by atoms with Gasteiger partial charge in [-0.15, -0.1) is 0 Å². The molecule has 1 fully saturated rings. The van der Waals surface area contributed by atoms with Crippen LogP contribution in [0.5, 0.6) is 0 Å². The summed E-state index contributed by atoms with van der Waals surface area (Å²) in [6.45, 7) is -0.0642. The molecule has 1 saturated heterocycles. The first-order valence-electron chi connectivity index (χ1n) is 9.18. The number of ketones is 1. The molecule has 0 spiro atoms. The Labute approximate surface area is 175 Å². The second-order valence-electron chi connectivity index (χ2n) is 6.87. The Hall–Kier alpha value is -4.27. The topological polar surface area (TPSA) is 114 Å². The first-order chi connectivity index (χ1) is 14.9. The fourth-order valence-electron chi connectivity index (χ4n) is 3.53. The minimum absolute atomic E-state index is 0.0114. The molecule has 1 aromatic heterocycles. The number of carbonyl (C=O) groups is 2. The summed E-state index contributed by atoms with van der Waals surface area (Å²) in [6.07, 6.45) is 1.42. The monoisotopic (exact) mass is 422 g/mol. The second kappa shape index (κ2) is 7.86. The van der Waals surface area contributed by atoms with Crippen LogP contribution in [0.1, 0.15) is 22.9 Å².